The van der Waals surface area contributed by atoms with Crippen molar-refractivity contribution in [1.82, 2.24) is 4.57 Å². The molecule has 1 aromatic rings. The van der Waals surface area contributed by atoms with E-state index in [9.17, 15) is 27.9 Å². The molecule has 0 saturated heterocycles. The van der Waals surface area contributed by atoms with Crippen LogP contribution in [-0.2, 0) is 6.44 Å². The number of hydrogen-bond acceptors (Lipinski definition) is 3. The molecule has 0 radical (unpaired) electrons. The molecule has 0 aliphatic carbocycles. The van der Waals surface area contributed by atoms with Crippen LogP contribution >= 0.6 is 0 Å². The Morgan fingerprint density at radius 3 is 2.50 bits per heavy atom. The summed E-state index contributed by atoms with van der Waals surface area (Å²) in [6.07, 6.45) is -0.854. The monoisotopic (exact) mass is 235 g/mol. The molecule has 0 aromatic carbocycles. The lowest BCUT2D eigenvalue weighted by Gasteiger charge is -2.15. The molecule has 0 bridgehead atoms. The second-order valence-electron chi connectivity index (χ2n) is 3.30. The van der Waals surface area contributed by atoms with Crippen LogP contribution in [0.4, 0.5) is 18.6 Å². The molecule has 0 atom stereocenters. The largest absolute Gasteiger partial charge is 0.497 e. The van der Waals surface area contributed by atoms with Crippen LogP contribution in [0, 0.1) is 17.0 Å². The van der Waals surface area contributed by atoms with Crippen LogP contribution in [0.1, 0.15) is 5.56 Å². The summed E-state index contributed by atoms with van der Waals surface area (Å²) in [5, 5.41) is 10.5. The van der Waals surface area contributed by atoms with Gasteiger partial charge in [-0.3, -0.25) is 14.9 Å². The van der Waals surface area contributed by atoms with Crippen molar-refractivity contribution in [1.29, 1.82) is 0 Å². The van der Waals surface area contributed by atoms with Gasteiger partial charge >= 0.3 is 6.98 Å². The molecule has 16 heavy (non-hydrogen) atoms. The van der Waals surface area contributed by atoms with E-state index in [-0.39, 0.29) is 5.56 Å². The summed E-state index contributed by atoms with van der Waals surface area (Å²) in [6, 6.07) is 0.819. The van der Waals surface area contributed by atoms with Crippen LogP contribution in [0.5, 0.6) is 0 Å². The van der Waals surface area contributed by atoms with Crippen molar-refractivity contribution in [3.05, 3.63) is 38.3 Å². The molecule has 9 heteroatoms. The van der Waals surface area contributed by atoms with Gasteiger partial charge in [0.15, 0.2) is 0 Å². The van der Waals surface area contributed by atoms with Gasteiger partial charge in [0.05, 0.1) is 11.1 Å². The van der Waals surface area contributed by atoms with Gasteiger partial charge in [0.1, 0.15) is 0 Å². The first-order valence-corrected chi connectivity index (χ1v) is 4.27. The normalized spacial score (nSPS) is 11.5. The molecule has 0 saturated carbocycles. The van der Waals surface area contributed by atoms with Crippen molar-refractivity contribution in [2.75, 3.05) is 0 Å². The first-order chi connectivity index (χ1) is 7.20. The second kappa shape index (κ2) is 3.99. The number of rotatable bonds is 3. The predicted molar refractivity (Wildman–Crippen MR) is 51.2 cm³/mol. The van der Waals surface area contributed by atoms with E-state index < -0.39 is 29.6 Å². The average molecular weight is 235 g/mol. The summed E-state index contributed by atoms with van der Waals surface area (Å²) in [7, 11) is 0. The van der Waals surface area contributed by atoms with Crippen LogP contribution in [0.2, 0.25) is 0 Å². The summed E-state index contributed by atoms with van der Waals surface area (Å²) in [5.41, 5.74) is -1.36. The molecule has 1 aromatic heterocycles. The Bertz CT molecular complexity index is 483. The second-order valence-corrected chi connectivity index (χ2v) is 3.30. The Balaban J connectivity index is 3.26. The quantitative estimate of drug-likeness (QED) is 0.452. The average Bonchev–Trinajstić information content (AvgIpc) is 2.07. The number of nitro groups is 1. The zero-order valence-electron chi connectivity index (χ0n) is 8.19. The summed E-state index contributed by atoms with van der Waals surface area (Å²) < 4.78 is 36.6. The van der Waals surface area contributed by atoms with Gasteiger partial charge in [0, 0.05) is 11.6 Å². The summed E-state index contributed by atoms with van der Waals surface area (Å²) in [5.74, 6) is 0. The Morgan fingerprint density at radius 2 is 2.06 bits per heavy atom. The number of aromatic nitrogens is 1. The first kappa shape index (κ1) is 12.3. The van der Waals surface area contributed by atoms with E-state index in [4.69, 9.17) is 0 Å². The molecule has 0 amide bonds. The highest BCUT2D eigenvalue weighted by Crippen LogP contribution is 2.16. The number of hydrogen-bond donors (Lipinski definition) is 0. The van der Waals surface area contributed by atoms with E-state index in [1.54, 1.807) is 0 Å². The molecule has 0 unspecified atom stereocenters. The minimum absolute atomic E-state index is 0.0425. The van der Waals surface area contributed by atoms with Gasteiger partial charge in [-0.05, 0) is 13.4 Å². The molecule has 1 heterocycles. The van der Waals surface area contributed by atoms with Gasteiger partial charge in [0.25, 0.3) is 5.69 Å². The zero-order chi connectivity index (χ0) is 12.5. The lowest BCUT2D eigenvalue weighted by Crippen LogP contribution is -2.31. The fourth-order valence-corrected chi connectivity index (χ4v) is 1.21. The summed E-state index contributed by atoms with van der Waals surface area (Å²) in [4.78, 5) is 20.8. The number of aryl methyl sites for hydroxylation is 1. The van der Waals surface area contributed by atoms with Gasteiger partial charge in [0.2, 0.25) is 5.56 Å². The van der Waals surface area contributed by atoms with Gasteiger partial charge in [-0.25, -0.2) is 0 Å². The van der Waals surface area contributed by atoms with E-state index in [1.807, 2.05) is 0 Å². The van der Waals surface area contributed by atoms with Crippen LogP contribution in [-0.4, -0.2) is 16.5 Å². The van der Waals surface area contributed by atoms with Crippen molar-refractivity contribution in [3.63, 3.8) is 0 Å². The Hall–Kier alpha value is -1.80. The zero-order valence-corrected chi connectivity index (χ0v) is 8.19. The molecule has 0 aliphatic heterocycles. The lowest BCUT2D eigenvalue weighted by molar-refractivity contribution is -0.385. The maximum Gasteiger partial charge on any atom is 0.497 e. The minimum atomic E-state index is -5.21. The first-order valence-electron chi connectivity index (χ1n) is 4.27. The van der Waals surface area contributed by atoms with Gasteiger partial charge < -0.3 is 17.5 Å². The fourth-order valence-electron chi connectivity index (χ4n) is 1.21. The molecular weight excluding hydrogens is 228 g/mol. The van der Waals surface area contributed by atoms with Gasteiger partial charge in [-0.15, -0.1) is 0 Å². The van der Waals surface area contributed by atoms with E-state index in [0.717, 1.165) is 6.07 Å². The van der Waals surface area contributed by atoms with Crippen molar-refractivity contribution in [2.24, 2.45) is 0 Å². The number of halogens is 3. The smallest absolute Gasteiger partial charge is 0.448 e. The molecule has 88 valence electrons. The van der Waals surface area contributed by atoms with E-state index in [2.05, 4.69) is 0 Å². The summed E-state index contributed by atoms with van der Waals surface area (Å²) >= 11 is 0. The van der Waals surface area contributed by atoms with Gasteiger partial charge in [-0.2, -0.15) is 0 Å². The topological polar surface area (TPSA) is 65.1 Å². The molecule has 5 nitrogen and oxygen atoms in total. The molecule has 0 spiro atoms. The molecule has 1 rings (SSSR count). The van der Waals surface area contributed by atoms with Gasteiger partial charge in [-0.1, -0.05) is 0 Å². The van der Waals surface area contributed by atoms with Crippen molar-refractivity contribution in [3.8, 4) is 0 Å². The Labute approximate surface area is 87.7 Å². The highest BCUT2D eigenvalue weighted by atomic mass is 19.4. The molecule has 0 aliphatic rings. The standard InChI is InChI=1S/C7H7BF3N2O3/c1-5-2-7(14)12(4-8(9,10)11)3-6(5)13(15)16/h2-3H,4H2,1H3/q-1. The Morgan fingerprint density at radius 1 is 1.50 bits per heavy atom. The fraction of sp³-hybridized carbons (Fsp3) is 0.286. The van der Waals surface area contributed by atoms with Crippen LogP contribution in [0.15, 0.2) is 17.1 Å². The van der Waals surface area contributed by atoms with Crippen molar-refractivity contribution < 1.29 is 17.9 Å². The summed E-state index contributed by atoms with van der Waals surface area (Å²) in [6.45, 7) is -3.91. The third-order valence-corrected chi connectivity index (χ3v) is 1.91. The Kier molecular flexibility index (Phi) is 3.06. The maximum absolute atomic E-state index is 12.1. The maximum atomic E-state index is 12.1. The predicted octanol–water partition coefficient (Wildman–Crippen LogP) is 1.45. The minimum Gasteiger partial charge on any atom is -0.448 e. The van der Waals surface area contributed by atoms with Crippen LogP contribution < -0.4 is 5.56 Å². The van der Waals surface area contributed by atoms with Crippen LogP contribution in [0.25, 0.3) is 0 Å². The third-order valence-electron chi connectivity index (χ3n) is 1.91. The van der Waals surface area contributed by atoms with Crippen LogP contribution in [0.3, 0.4) is 0 Å². The highest BCUT2D eigenvalue weighted by Gasteiger charge is 2.25. The SMILES string of the molecule is Cc1cc(=O)n(C[B-](F)(F)F)cc1[N+](=O)[O-]. The van der Waals surface area contributed by atoms with E-state index in [0.29, 0.717) is 10.8 Å². The number of nitrogens with zero attached hydrogens (tertiary/aromatic N) is 2. The lowest BCUT2D eigenvalue weighted by atomic mass is 9.92. The molecule has 0 N–H and O–H groups in total. The number of pyridine rings is 1. The van der Waals surface area contributed by atoms with E-state index >= 15 is 0 Å². The molecule has 0 fully saturated rings. The third kappa shape index (κ3) is 2.85. The molecular formula is C7H7BF3N2O3-. The highest BCUT2D eigenvalue weighted by molar-refractivity contribution is 6.57. The van der Waals surface area contributed by atoms with Crippen molar-refractivity contribution >= 4 is 12.7 Å². The van der Waals surface area contributed by atoms with E-state index in [1.165, 1.54) is 6.92 Å². The van der Waals surface area contributed by atoms with Crippen molar-refractivity contribution in [2.45, 2.75) is 13.4 Å².